The van der Waals surface area contributed by atoms with E-state index in [9.17, 15) is 4.79 Å². The van der Waals surface area contributed by atoms with Crippen molar-refractivity contribution in [2.24, 2.45) is 5.41 Å². The summed E-state index contributed by atoms with van der Waals surface area (Å²) in [5.41, 5.74) is 1.23. The number of cyclic esters (lactones) is 1. The summed E-state index contributed by atoms with van der Waals surface area (Å²) in [4.78, 5) is 11.0. The first-order chi connectivity index (χ1) is 7.58. The van der Waals surface area contributed by atoms with Crippen molar-refractivity contribution in [3.63, 3.8) is 0 Å². The van der Waals surface area contributed by atoms with Gasteiger partial charge in [-0.3, -0.25) is 0 Å². The molecule has 0 spiro atoms. The highest BCUT2D eigenvalue weighted by Gasteiger charge is 2.36. The van der Waals surface area contributed by atoms with E-state index < -0.39 is 0 Å². The van der Waals surface area contributed by atoms with E-state index in [1.165, 1.54) is 5.56 Å². The maximum absolute atomic E-state index is 11.0. The summed E-state index contributed by atoms with van der Waals surface area (Å²) in [6.45, 7) is 4.87. The summed E-state index contributed by atoms with van der Waals surface area (Å²) in [7, 11) is 0. The van der Waals surface area contributed by atoms with Crippen LogP contribution in [0.1, 0.15) is 19.4 Å². The highest BCUT2D eigenvalue weighted by Crippen LogP contribution is 2.29. The summed E-state index contributed by atoms with van der Waals surface area (Å²) in [6.07, 6.45) is 0.569. The van der Waals surface area contributed by atoms with E-state index in [0.29, 0.717) is 6.54 Å². The van der Waals surface area contributed by atoms with Crippen molar-refractivity contribution < 1.29 is 9.53 Å². The van der Waals surface area contributed by atoms with Crippen molar-refractivity contribution in [2.45, 2.75) is 26.4 Å². The lowest BCUT2D eigenvalue weighted by atomic mass is 9.80. The lowest BCUT2D eigenvalue weighted by molar-refractivity contribution is 0.0623. The van der Waals surface area contributed by atoms with Gasteiger partial charge in [-0.25, -0.2) is 4.79 Å². The van der Waals surface area contributed by atoms with Crippen LogP contribution in [0.25, 0.3) is 0 Å². The van der Waals surface area contributed by atoms with Gasteiger partial charge in [-0.15, -0.1) is 0 Å². The number of hydrogen-bond acceptors (Lipinski definition) is 2. The molecule has 0 aromatic heterocycles. The fourth-order valence-corrected chi connectivity index (χ4v) is 2.06. The minimum absolute atomic E-state index is 0.0412. The molecule has 1 heterocycles. The number of hydrogen-bond donors (Lipinski definition) is 1. The summed E-state index contributed by atoms with van der Waals surface area (Å²) >= 11 is 0. The number of rotatable bonds is 3. The molecule has 1 saturated heterocycles. The molecule has 1 atom stereocenters. The van der Waals surface area contributed by atoms with Crippen molar-refractivity contribution >= 4 is 6.09 Å². The van der Waals surface area contributed by atoms with Gasteiger partial charge in [0.25, 0.3) is 0 Å². The number of ether oxygens (including phenoxy) is 1. The molecule has 86 valence electrons. The highest BCUT2D eigenvalue weighted by molar-refractivity contribution is 5.69. The first kappa shape index (κ1) is 11.0. The normalized spacial score (nSPS) is 20.4. The van der Waals surface area contributed by atoms with Crippen LogP contribution in [0.5, 0.6) is 0 Å². The SMILES string of the molecule is CC(C)(Cc1ccccc1)C1CNC(=O)O1. The van der Waals surface area contributed by atoms with Gasteiger partial charge in [0.2, 0.25) is 0 Å². The molecule has 3 nitrogen and oxygen atoms in total. The monoisotopic (exact) mass is 219 g/mol. The second-order valence-corrected chi connectivity index (χ2v) is 4.93. The number of amides is 1. The highest BCUT2D eigenvalue weighted by atomic mass is 16.6. The van der Waals surface area contributed by atoms with Crippen LogP contribution < -0.4 is 5.32 Å². The first-order valence-electron chi connectivity index (χ1n) is 5.56. The van der Waals surface area contributed by atoms with E-state index in [-0.39, 0.29) is 17.6 Å². The second kappa shape index (κ2) is 4.16. The predicted octanol–water partition coefficient (Wildman–Crippen LogP) is 2.36. The molecule has 0 radical (unpaired) electrons. The number of carbonyl (C=O) groups excluding carboxylic acids is 1. The van der Waals surface area contributed by atoms with E-state index in [4.69, 9.17) is 4.74 Å². The van der Waals surface area contributed by atoms with Crippen LogP contribution in [-0.2, 0) is 11.2 Å². The van der Waals surface area contributed by atoms with Crippen LogP contribution in [0.2, 0.25) is 0 Å². The Morgan fingerprint density at radius 2 is 2.06 bits per heavy atom. The summed E-state index contributed by atoms with van der Waals surface area (Å²) < 4.78 is 5.25. The molecule has 1 N–H and O–H groups in total. The van der Waals surface area contributed by atoms with Gasteiger partial charge in [0.05, 0.1) is 6.54 Å². The molecule has 1 aromatic carbocycles. The molecule has 3 heteroatoms. The van der Waals surface area contributed by atoms with E-state index in [2.05, 4.69) is 31.3 Å². The average molecular weight is 219 g/mol. The summed E-state index contributed by atoms with van der Waals surface area (Å²) in [6, 6.07) is 10.3. The Bertz CT molecular complexity index is 373. The van der Waals surface area contributed by atoms with Gasteiger partial charge >= 0.3 is 6.09 Å². The Labute approximate surface area is 95.8 Å². The van der Waals surface area contributed by atoms with Crippen molar-refractivity contribution in [3.05, 3.63) is 35.9 Å². The predicted molar refractivity (Wildman–Crippen MR) is 62.2 cm³/mol. The third kappa shape index (κ3) is 2.35. The molecule has 1 unspecified atom stereocenters. The van der Waals surface area contributed by atoms with Gasteiger partial charge in [0.1, 0.15) is 6.10 Å². The fraction of sp³-hybridized carbons (Fsp3) is 0.462. The second-order valence-electron chi connectivity index (χ2n) is 4.93. The van der Waals surface area contributed by atoms with Crippen molar-refractivity contribution in [1.29, 1.82) is 0 Å². The Kier molecular flexibility index (Phi) is 2.86. The van der Waals surface area contributed by atoms with Crippen LogP contribution in [0.3, 0.4) is 0 Å². The van der Waals surface area contributed by atoms with Gasteiger partial charge in [-0.2, -0.15) is 0 Å². The molecular weight excluding hydrogens is 202 g/mol. The molecule has 1 fully saturated rings. The molecule has 1 amide bonds. The molecule has 2 rings (SSSR count). The number of carbonyl (C=O) groups is 1. The first-order valence-corrected chi connectivity index (χ1v) is 5.56. The Morgan fingerprint density at radius 1 is 1.38 bits per heavy atom. The van der Waals surface area contributed by atoms with Crippen molar-refractivity contribution in [3.8, 4) is 0 Å². The van der Waals surface area contributed by atoms with E-state index >= 15 is 0 Å². The van der Waals surface area contributed by atoms with E-state index in [1.54, 1.807) is 0 Å². The smallest absolute Gasteiger partial charge is 0.407 e. The molecule has 1 aliphatic rings. The van der Waals surface area contributed by atoms with E-state index in [1.807, 2.05) is 18.2 Å². The molecule has 0 aliphatic carbocycles. The van der Waals surface area contributed by atoms with E-state index in [0.717, 1.165) is 6.42 Å². The third-order valence-electron chi connectivity index (χ3n) is 3.06. The summed E-state index contributed by atoms with van der Waals surface area (Å²) in [5.74, 6) is 0. The van der Waals surface area contributed by atoms with Crippen molar-refractivity contribution in [1.82, 2.24) is 5.32 Å². The Balaban J connectivity index is 2.05. The molecular formula is C13H17NO2. The maximum atomic E-state index is 11.0. The average Bonchev–Trinajstić information content (AvgIpc) is 2.66. The van der Waals surface area contributed by atoms with Crippen molar-refractivity contribution in [2.75, 3.05) is 6.54 Å². The Morgan fingerprint density at radius 3 is 2.62 bits per heavy atom. The topological polar surface area (TPSA) is 38.3 Å². The number of nitrogens with one attached hydrogen (secondary N) is 1. The quantitative estimate of drug-likeness (QED) is 0.847. The zero-order valence-electron chi connectivity index (χ0n) is 9.69. The lowest BCUT2D eigenvalue weighted by Crippen LogP contribution is -2.34. The van der Waals surface area contributed by atoms with Crippen LogP contribution >= 0.6 is 0 Å². The zero-order chi connectivity index (χ0) is 11.6. The largest absolute Gasteiger partial charge is 0.444 e. The lowest BCUT2D eigenvalue weighted by Gasteiger charge is -2.29. The Hall–Kier alpha value is -1.51. The van der Waals surface area contributed by atoms with Gasteiger partial charge < -0.3 is 10.1 Å². The number of benzene rings is 1. The van der Waals surface area contributed by atoms with Gasteiger partial charge in [0.15, 0.2) is 0 Å². The van der Waals surface area contributed by atoms with Crippen LogP contribution in [0.4, 0.5) is 4.79 Å². The van der Waals surface area contributed by atoms with Gasteiger partial charge in [-0.05, 0) is 12.0 Å². The molecule has 16 heavy (non-hydrogen) atoms. The minimum atomic E-state index is -0.300. The zero-order valence-corrected chi connectivity index (χ0v) is 9.69. The summed E-state index contributed by atoms with van der Waals surface area (Å²) in [5, 5.41) is 2.70. The number of alkyl carbamates (subject to hydrolysis) is 1. The molecule has 0 bridgehead atoms. The van der Waals surface area contributed by atoms with Crippen LogP contribution in [0.15, 0.2) is 30.3 Å². The van der Waals surface area contributed by atoms with Crippen LogP contribution in [0, 0.1) is 5.41 Å². The molecule has 1 aromatic rings. The standard InChI is InChI=1S/C13H17NO2/c1-13(2,11-9-14-12(15)16-11)8-10-6-4-3-5-7-10/h3-7,11H,8-9H2,1-2H3,(H,14,15). The van der Waals surface area contributed by atoms with Gasteiger partial charge in [-0.1, -0.05) is 44.2 Å². The molecule has 1 aliphatic heterocycles. The molecule has 0 saturated carbocycles. The fourth-order valence-electron chi connectivity index (χ4n) is 2.06. The van der Waals surface area contributed by atoms with Gasteiger partial charge in [0, 0.05) is 5.41 Å². The minimum Gasteiger partial charge on any atom is -0.444 e. The maximum Gasteiger partial charge on any atom is 0.407 e. The van der Waals surface area contributed by atoms with Crippen LogP contribution in [-0.4, -0.2) is 18.7 Å². The third-order valence-corrected chi connectivity index (χ3v) is 3.06.